The quantitative estimate of drug-likeness (QED) is 0.891. The Morgan fingerprint density at radius 3 is 2.47 bits per heavy atom. The van der Waals surface area contributed by atoms with Gasteiger partial charge in [0.2, 0.25) is 0 Å². The van der Waals surface area contributed by atoms with Crippen LogP contribution < -0.4 is 5.32 Å². The summed E-state index contributed by atoms with van der Waals surface area (Å²) in [5, 5.41) is 3.31. The highest BCUT2D eigenvalue weighted by Gasteiger charge is 2.13. The van der Waals surface area contributed by atoms with Crippen LogP contribution in [0.4, 0.5) is 5.82 Å². The molecule has 0 aliphatic heterocycles. The van der Waals surface area contributed by atoms with E-state index < -0.39 is 0 Å². The van der Waals surface area contributed by atoms with Gasteiger partial charge in [-0.25, -0.2) is 9.97 Å². The van der Waals surface area contributed by atoms with Crippen LogP contribution in [0.25, 0.3) is 11.6 Å². The van der Waals surface area contributed by atoms with E-state index in [0.29, 0.717) is 5.82 Å². The molecule has 0 saturated heterocycles. The van der Waals surface area contributed by atoms with Crippen molar-refractivity contribution in [2.24, 2.45) is 0 Å². The van der Waals surface area contributed by atoms with Gasteiger partial charge in [0.25, 0.3) is 0 Å². The fraction of sp³-hybridized carbons (Fsp3) is 0.467. The Morgan fingerprint density at radius 1 is 1.11 bits per heavy atom. The molecule has 102 valence electrons. The van der Waals surface area contributed by atoms with Crippen molar-refractivity contribution in [1.82, 2.24) is 9.97 Å². The molecule has 0 fully saturated rings. The van der Waals surface area contributed by atoms with Gasteiger partial charge in [0.1, 0.15) is 11.6 Å². The minimum Gasteiger partial charge on any atom is -0.458 e. The average molecular weight is 259 g/mol. The molecule has 4 nitrogen and oxygen atoms in total. The molecule has 2 rings (SSSR count). The molecule has 1 N–H and O–H groups in total. The number of aromatic nitrogens is 2. The number of nitrogens with one attached hydrogen (secondary N) is 1. The third-order valence-corrected chi connectivity index (χ3v) is 3.14. The second kappa shape index (κ2) is 5.87. The van der Waals surface area contributed by atoms with Crippen LogP contribution in [0.1, 0.15) is 37.8 Å². The highest BCUT2D eigenvalue weighted by Crippen LogP contribution is 2.24. The van der Waals surface area contributed by atoms with Crippen molar-refractivity contribution in [3.63, 3.8) is 0 Å². The van der Waals surface area contributed by atoms with Crippen molar-refractivity contribution < 1.29 is 4.42 Å². The highest BCUT2D eigenvalue weighted by atomic mass is 16.3. The van der Waals surface area contributed by atoms with Crippen LogP contribution in [-0.2, 0) is 12.8 Å². The number of nitrogens with zero attached hydrogens (tertiary/aromatic N) is 2. The van der Waals surface area contributed by atoms with Crippen LogP contribution in [0.3, 0.4) is 0 Å². The Bertz CT molecular complexity index is 561. The van der Waals surface area contributed by atoms with Gasteiger partial charge in [0, 0.05) is 24.2 Å². The molecule has 2 heterocycles. The van der Waals surface area contributed by atoms with Gasteiger partial charge in [-0.2, -0.15) is 0 Å². The number of hydrogen-bond donors (Lipinski definition) is 1. The Balaban J connectivity index is 2.46. The molecule has 0 spiro atoms. The van der Waals surface area contributed by atoms with Crippen molar-refractivity contribution in [1.29, 1.82) is 0 Å². The van der Waals surface area contributed by atoms with Gasteiger partial charge in [0.15, 0.2) is 11.6 Å². The summed E-state index contributed by atoms with van der Waals surface area (Å²) >= 11 is 0. The van der Waals surface area contributed by atoms with Gasteiger partial charge in [0.05, 0.1) is 0 Å². The van der Waals surface area contributed by atoms with E-state index in [1.54, 1.807) is 0 Å². The molecular formula is C15H21N3O. The third kappa shape index (κ3) is 2.78. The van der Waals surface area contributed by atoms with Crippen LogP contribution in [0.5, 0.6) is 0 Å². The normalized spacial score (nSPS) is 10.7. The lowest BCUT2D eigenvalue weighted by Gasteiger charge is -2.11. The number of hydrogen-bond acceptors (Lipinski definition) is 4. The van der Waals surface area contributed by atoms with E-state index in [1.807, 2.05) is 19.1 Å². The SMILES string of the molecule is CCNc1nc(-c2ccc(CC)o2)nc(C)c1CC. The minimum absolute atomic E-state index is 0.658. The highest BCUT2D eigenvalue weighted by molar-refractivity contribution is 5.55. The molecule has 4 heteroatoms. The average Bonchev–Trinajstić information content (AvgIpc) is 2.87. The second-order valence-electron chi connectivity index (χ2n) is 4.46. The Hall–Kier alpha value is -1.84. The largest absolute Gasteiger partial charge is 0.458 e. The monoisotopic (exact) mass is 259 g/mol. The predicted molar refractivity (Wildman–Crippen MR) is 77.4 cm³/mol. The molecular weight excluding hydrogens is 238 g/mol. The summed E-state index contributed by atoms with van der Waals surface area (Å²) in [6, 6.07) is 3.92. The first kappa shape index (κ1) is 13.6. The summed E-state index contributed by atoms with van der Waals surface area (Å²) in [6.45, 7) is 9.13. The molecule has 0 radical (unpaired) electrons. The zero-order chi connectivity index (χ0) is 13.8. The van der Waals surface area contributed by atoms with E-state index in [9.17, 15) is 0 Å². The molecule has 0 aromatic carbocycles. The van der Waals surface area contributed by atoms with Gasteiger partial charge < -0.3 is 9.73 Å². The third-order valence-electron chi connectivity index (χ3n) is 3.14. The molecule has 0 aliphatic rings. The topological polar surface area (TPSA) is 51.0 Å². The Kier molecular flexibility index (Phi) is 4.20. The number of anilines is 1. The maximum Gasteiger partial charge on any atom is 0.197 e. The molecule has 2 aromatic heterocycles. The summed E-state index contributed by atoms with van der Waals surface area (Å²) in [6.07, 6.45) is 1.80. The van der Waals surface area contributed by atoms with Gasteiger partial charge in [-0.3, -0.25) is 0 Å². The molecule has 0 bridgehead atoms. The van der Waals surface area contributed by atoms with Crippen molar-refractivity contribution in [2.75, 3.05) is 11.9 Å². The maximum absolute atomic E-state index is 5.73. The maximum atomic E-state index is 5.73. The molecule has 2 aromatic rings. The van der Waals surface area contributed by atoms with Crippen molar-refractivity contribution in [3.05, 3.63) is 29.2 Å². The van der Waals surface area contributed by atoms with Crippen LogP contribution in [0.2, 0.25) is 0 Å². The first-order chi connectivity index (χ1) is 9.19. The fourth-order valence-electron chi connectivity index (χ4n) is 2.13. The van der Waals surface area contributed by atoms with Gasteiger partial charge in [-0.15, -0.1) is 0 Å². The van der Waals surface area contributed by atoms with Crippen LogP contribution >= 0.6 is 0 Å². The first-order valence-electron chi connectivity index (χ1n) is 6.90. The predicted octanol–water partition coefficient (Wildman–Crippen LogP) is 3.60. The summed E-state index contributed by atoms with van der Waals surface area (Å²) in [4.78, 5) is 9.16. The molecule has 0 atom stereocenters. The smallest absolute Gasteiger partial charge is 0.197 e. The van der Waals surface area contributed by atoms with Gasteiger partial charge in [-0.05, 0) is 32.4 Å². The summed E-state index contributed by atoms with van der Waals surface area (Å²) in [7, 11) is 0. The zero-order valence-corrected chi connectivity index (χ0v) is 12.1. The van der Waals surface area contributed by atoms with Crippen LogP contribution in [0.15, 0.2) is 16.5 Å². The van der Waals surface area contributed by atoms with Crippen molar-refractivity contribution >= 4 is 5.82 Å². The van der Waals surface area contributed by atoms with E-state index in [4.69, 9.17) is 4.42 Å². The second-order valence-corrected chi connectivity index (χ2v) is 4.46. The zero-order valence-electron chi connectivity index (χ0n) is 12.1. The van der Waals surface area contributed by atoms with E-state index in [0.717, 1.165) is 42.4 Å². The molecule has 0 unspecified atom stereocenters. The van der Waals surface area contributed by atoms with Crippen molar-refractivity contribution in [3.8, 4) is 11.6 Å². The summed E-state index contributed by atoms with van der Waals surface area (Å²) in [5.41, 5.74) is 2.19. The van der Waals surface area contributed by atoms with Crippen LogP contribution in [0, 0.1) is 6.92 Å². The number of furan rings is 1. The Labute approximate surface area is 114 Å². The lowest BCUT2D eigenvalue weighted by molar-refractivity contribution is 0.525. The lowest BCUT2D eigenvalue weighted by atomic mass is 10.1. The molecule has 19 heavy (non-hydrogen) atoms. The first-order valence-corrected chi connectivity index (χ1v) is 6.90. The molecule has 0 amide bonds. The standard InChI is InChI=1S/C15H21N3O/c1-5-11-8-9-13(19-11)15-17-10(4)12(6-2)14(18-15)16-7-3/h8-9H,5-7H2,1-4H3,(H,16,17,18). The summed E-state index contributed by atoms with van der Waals surface area (Å²) < 4.78 is 5.73. The van der Waals surface area contributed by atoms with E-state index >= 15 is 0 Å². The van der Waals surface area contributed by atoms with E-state index in [1.165, 1.54) is 5.56 Å². The number of aryl methyl sites for hydroxylation is 2. The minimum atomic E-state index is 0.658. The van der Waals surface area contributed by atoms with Gasteiger partial charge in [-0.1, -0.05) is 13.8 Å². The van der Waals surface area contributed by atoms with Crippen molar-refractivity contribution in [2.45, 2.75) is 40.5 Å². The molecule has 0 saturated carbocycles. The van der Waals surface area contributed by atoms with E-state index in [-0.39, 0.29) is 0 Å². The molecule has 0 aliphatic carbocycles. The lowest BCUT2D eigenvalue weighted by Crippen LogP contribution is -2.07. The summed E-state index contributed by atoms with van der Waals surface area (Å²) in [5.74, 6) is 3.27. The van der Waals surface area contributed by atoms with Crippen LogP contribution in [-0.4, -0.2) is 16.5 Å². The number of rotatable bonds is 5. The van der Waals surface area contributed by atoms with E-state index in [2.05, 4.69) is 36.1 Å². The Morgan fingerprint density at radius 2 is 1.89 bits per heavy atom. The van der Waals surface area contributed by atoms with Gasteiger partial charge >= 0.3 is 0 Å². The fourth-order valence-corrected chi connectivity index (χ4v) is 2.13.